The molecule has 12 heteroatoms. The Balaban J connectivity index is 1.45. The van der Waals surface area contributed by atoms with E-state index in [-0.39, 0.29) is 49.0 Å². The minimum atomic E-state index is -0.703. The molecule has 0 amide bonds. The van der Waals surface area contributed by atoms with Crippen LogP contribution in [0.5, 0.6) is 6.01 Å². The standard InChI is InChI=1S/C29H32F2N8OS/c1-38(2)29(8-4-9-29)15-35-27-19-12-34-23(17-5-6-20(30)25-21(17)18(11-32)26(33)41-25)22(31)24(19)36-28(37-27)40-14-16-7-10-39(3)13-16/h5-6,12,16H,4,7-10,13-15,33H2,1-3H3,(H,35,36,37)/t16-/m1/s1. The third-order valence-electron chi connectivity index (χ3n) is 8.60. The molecule has 1 aliphatic heterocycles. The van der Waals surface area contributed by atoms with E-state index < -0.39 is 11.6 Å². The van der Waals surface area contributed by atoms with Crippen LogP contribution >= 0.6 is 11.3 Å². The van der Waals surface area contributed by atoms with Gasteiger partial charge in [-0.05, 0) is 65.5 Å². The highest BCUT2D eigenvalue weighted by molar-refractivity contribution is 7.23. The van der Waals surface area contributed by atoms with Crippen LogP contribution in [0.25, 0.3) is 32.2 Å². The fourth-order valence-electron chi connectivity index (χ4n) is 5.89. The number of nitrogens with zero attached hydrogens (tertiary/aromatic N) is 6. The first kappa shape index (κ1) is 27.5. The summed E-state index contributed by atoms with van der Waals surface area (Å²) in [7, 11) is 6.20. The van der Waals surface area contributed by atoms with Crippen molar-refractivity contribution in [1.82, 2.24) is 24.8 Å². The number of anilines is 2. The minimum absolute atomic E-state index is 0.00899. The highest BCUT2D eigenvalue weighted by atomic mass is 32.1. The maximum Gasteiger partial charge on any atom is 0.319 e. The quantitative estimate of drug-likeness (QED) is 0.302. The highest BCUT2D eigenvalue weighted by Gasteiger charge is 2.39. The summed E-state index contributed by atoms with van der Waals surface area (Å²) in [6.07, 6.45) is 5.78. The molecule has 2 fully saturated rings. The first-order chi connectivity index (χ1) is 19.7. The Morgan fingerprint density at radius 3 is 2.76 bits per heavy atom. The van der Waals surface area contributed by atoms with Crippen LogP contribution in [0.4, 0.5) is 19.6 Å². The summed E-state index contributed by atoms with van der Waals surface area (Å²) in [5.41, 5.74) is 6.37. The number of rotatable bonds is 8. The number of hydrogen-bond acceptors (Lipinski definition) is 10. The zero-order valence-corrected chi connectivity index (χ0v) is 24.1. The summed E-state index contributed by atoms with van der Waals surface area (Å²) in [5.74, 6) is -0.454. The van der Waals surface area contributed by atoms with Gasteiger partial charge < -0.3 is 25.6 Å². The van der Waals surface area contributed by atoms with Gasteiger partial charge in [-0.15, -0.1) is 11.3 Å². The molecule has 0 spiro atoms. The molecule has 2 aliphatic rings. The highest BCUT2D eigenvalue weighted by Crippen LogP contribution is 2.42. The van der Waals surface area contributed by atoms with Gasteiger partial charge in [0.25, 0.3) is 0 Å². The molecule has 1 saturated heterocycles. The number of ether oxygens (including phenoxy) is 1. The van der Waals surface area contributed by atoms with Gasteiger partial charge >= 0.3 is 6.01 Å². The van der Waals surface area contributed by atoms with Crippen molar-refractivity contribution in [2.45, 2.75) is 31.2 Å². The van der Waals surface area contributed by atoms with Gasteiger partial charge in [0.1, 0.15) is 33.9 Å². The third kappa shape index (κ3) is 4.81. The zero-order chi connectivity index (χ0) is 28.9. The molecule has 4 aromatic rings. The molecule has 1 aromatic carbocycles. The SMILES string of the molecule is CN1CC[C@@H](COc2nc(NCC3(N(C)C)CCC3)c3cnc(-c4ccc(F)c5sc(N)c(C#N)c45)c(F)c3n2)C1. The van der Waals surface area contributed by atoms with Crippen LogP contribution in [0.1, 0.15) is 31.2 Å². The van der Waals surface area contributed by atoms with Gasteiger partial charge in [-0.3, -0.25) is 4.98 Å². The molecule has 3 N–H and O–H groups in total. The number of fused-ring (bicyclic) bond motifs is 2. The molecule has 4 heterocycles. The Kier molecular flexibility index (Phi) is 7.13. The third-order valence-corrected chi connectivity index (χ3v) is 9.63. The number of halogens is 2. The van der Waals surface area contributed by atoms with Crippen molar-refractivity contribution in [3.63, 3.8) is 0 Å². The molecule has 0 radical (unpaired) electrons. The van der Waals surface area contributed by atoms with Gasteiger partial charge in [0.05, 0.1) is 22.3 Å². The first-order valence-electron chi connectivity index (χ1n) is 13.7. The summed E-state index contributed by atoms with van der Waals surface area (Å²) >= 11 is 0.958. The summed E-state index contributed by atoms with van der Waals surface area (Å²) in [5, 5.41) is 14.0. The topological polar surface area (TPSA) is 116 Å². The van der Waals surface area contributed by atoms with E-state index in [0.717, 1.165) is 50.1 Å². The second-order valence-electron chi connectivity index (χ2n) is 11.3. The number of pyridine rings is 1. The largest absolute Gasteiger partial charge is 0.463 e. The fraction of sp³-hybridized carbons (Fsp3) is 0.448. The molecular formula is C29H32F2N8OS. The Morgan fingerprint density at radius 2 is 2.10 bits per heavy atom. The number of likely N-dealkylation sites (tertiary alicyclic amines) is 1. The molecule has 0 unspecified atom stereocenters. The van der Waals surface area contributed by atoms with E-state index >= 15 is 4.39 Å². The lowest BCUT2D eigenvalue weighted by Crippen LogP contribution is -2.54. The predicted molar refractivity (Wildman–Crippen MR) is 157 cm³/mol. The monoisotopic (exact) mass is 578 g/mol. The Bertz CT molecular complexity index is 1680. The van der Waals surface area contributed by atoms with Crippen LogP contribution in [-0.2, 0) is 0 Å². The molecule has 0 bridgehead atoms. The molecule has 1 aliphatic carbocycles. The number of benzene rings is 1. The normalized spacial score (nSPS) is 18.6. The Labute approximate surface area is 240 Å². The zero-order valence-electron chi connectivity index (χ0n) is 23.3. The van der Waals surface area contributed by atoms with E-state index in [1.165, 1.54) is 18.3 Å². The summed E-state index contributed by atoms with van der Waals surface area (Å²) in [6.45, 7) is 2.97. The second-order valence-corrected chi connectivity index (χ2v) is 12.4. The van der Waals surface area contributed by atoms with Crippen LogP contribution < -0.4 is 15.8 Å². The molecule has 6 rings (SSSR count). The molecule has 1 saturated carbocycles. The van der Waals surface area contributed by atoms with E-state index in [9.17, 15) is 9.65 Å². The van der Waals surface area contributed by atoms with Crippen molar-refractivity contribution < 1.29 is 13.5 Å². The van der Waals surface area contributed by atoms with E-state index in [2.05, 4.69) is 51.2 Å². The molecule has 9 nitrogen and oxygen atoms in total. The van der Waals surface area contributed by atoms with Gasteiger partial charge in [0.2, 0.25) is 0 Å². The number of nitrogen functional groups attached to an aromatic ring is 1. The van der Waals surface area contributed by atoms with Gasteiger partial charge in [-0.1, -0.05) is 0 Å². The molecule has 3 aromatic heterocycles. The lowest BCUT2D eigenvalue weighted by atomic mass is 9.75. The van der Waals surface area contributed by atoms with Gasteiger partial charge in [0.15, 0.2) is 5.82 Å². The van der Waals surface area contributed by atoms with E-state index in [4.69, 9.17) is 10.5 Å². The summed E-state index contributed by atoms with van der Waals surface area (Å²) in [6, 6.07) is 4.78. The summed E-state index contributed by atoms with van der Waals surface area (Å²) < 4.78 is 37.3. The van der Waals surface area contributed by atoms with Crippen molar-refractivity contribution >= 4 is 43.1 Å². The number of aromatic nitrogens is 3. The minimum Gasteiger partial charge on any atom is -0.463 e. The Hall–Kier alpha value is -3.66. The van der Waals surface area contributed by atoms with Gasteiger partial charge in [0, 0.05) is 41.7 Å². The second kappa shape index (κ2) is 10.6. The van der Waals surface area contributed by atoms with E-state index in [1.54, 1.807) is 0 Å². The lowest BCUT2D eigenvalue weighted by Gasteiger charge is -2.47. The Morgan fingerprint density at radius 1 is 1.29 bits per heavy atom. The van der Waals surface area contributed by atoms with Gasteiger partial charge in [-0.2, -0.15) is 15.2 Å². The lowest BCUT2D eigenvalue weighted by molar-refractivity contribution is 0.0738. The predicted octanol–water partition coefficient (Wildman–Crippen LogP) is 4.87. The molecule has 214 valence electrons. The van der Waals surface area contributed by atoms with E-state index in [0.29, 0.717) is 30.3 Å². The van der Waals surface area contributed by atoms with E-state index in [1.807, 2.05) is 6.07 Å². The first-order valence-corrected chi connectivity index (χ1v) is 14.5. The van der Waals surface area contributed by atoms with Crippen LogP contribution in [0.15, 0.2) is 18.3 Å². The van der Waals surface area contributed by atoms with Crippen molar-refractivity contribution in [2.75, 3.05) is 58.4 Å². The molecule has 41 heavy (non-hydrogen) atoms. The maximum atomic E-state index is 16.4. The van der Waals surface area contributed by atoms with Crippen LogP contribution in [0.3, 0.4) is 0 Å². The van der Waals surface area contributed by atoms with Crippen molar-refractivity contribution in [1.29, 1.82) is 5.26 Å². The van der Waals surface area contributed by atoms with Crippen molar-refractivity contribution in [3.05, 3.63) is 35.5 Å². The van der Waals surface area contributed by atoms with Crippen molar-refractivity contribution in [2.24, 2.45) is 5.92 Å². The van der Waals surface area contributed by atoms with Crippen LogP contribution in [-0.4, -0.2) is 77.7 Å². The number of nitrogens with two attached hydrogens (primary N) is 1. The fourth-order valence-corrected chi connectivity index (χ4v) is 6.84. The number of hydrogen-bond donors (Lipinski definition) is 2. The summed E-state index contributed by atoms with van der Waals surface area (Å²) in [4.78, 5) is 18.0. The molecule has 1 atom stereocenters. The van der Waals surface area contributed by atoms with Crippen molar-refractivity contribution in [3.8, 4) is 23.3 Å². The number of thiophene rings is 1. The number of likely N-dealkylation sites (N-methyl/N-ethyl adjacent to an activating group) is 1. The number of nitrogens with one attached hydrogen (secondary N) is 1. The maximum absolute atomic E-state index is 16.4. The average molecular weight is 579 g/mol. The van der Waals surface area contributed by atoms with Gasteiger partial charge in [-0.25, -0.2) is 8.78 Å². The average Bonchev–Trinajstić information content (AvgIpc) is 3.50. The van der Waals surface area contributed by atoms with Crippen LogP contribution in [0.2, 0.25) is 0 Å². The van der Waals surface area contributed by atoms with Crippen LogP contribution in [0, 0.1) is 28.9 Å². The molecular weight excluding hydrogens is 546 g/mol. The smallest absolute Gasteiger partial charge is 0.319 e. The number of nitriles is 1.